The van der Waals surface area contributed by atoms with Gasteiger partial charge in [0.2, 0.25) is 5.91 Å². The molecule has 0 radical (unpaired) electrons. The zero-order valence-corrected chi connectivity index (χ0v) is 25.0. The number of aromatic nitrogens is 1. The first-order valence-electron chi connectivity index (χ1n) is 14.2. The van der Waals surface area contributed by atoms with Gasteiger partial charge in [0, 0.05) is 36.3 Å². The third kappa shape index (κ3) is 5.87. The third-order valence-electron chi connectivity index (χ3n) is 8.34. The first-order chi connectivity index (χ1) is 19.3. The van der Waals surface area contributed by atoms with Crippen molar-refractivity contribution in [3.05, 3.63) is 40.5 Å². The van der Waals surface area contributed by atoms with Crippen LogP contribution in [0.2, 0.25) is 0 Å². The molecular weight excluding hydrogens is 549 g/mol. The van der Waals surface area contributed by atoms with Gasteiger partial charge in [-0.2, -0.15) is 0 Å². The molecule has 41 heavy (non-hydrogen) atoms. The Bertz CT molecular complexity index is 1470. The third-order valence-corrected chi connectivity index (χ3v) is 10.6. The minimum atomic E-state index is -3.57. The molecular formula is C29H40FN5O5S. The Hall–Kier alpha value is -2.96. The maximum Gasteiger partial charge on any atom is 0.253 e. The second-order valence-electron chi connectivity index (χ2n) is 12.6. The second-order valence-corrected chi connectivity index (χ2v) is 14.6. The number of rotatable bonds is 8. The Morgan fingerprint density at radius 3 is 2.51 bits per heavy atom. The molecule has 2 aromatic rings. The normalized spacial score (nSPS) is 22.7. The number of ether oxygens (including phenoxy) is 1. The number of hydrogen-bond acceptors (Lipinski definition) is 7. The van der Waals surface area contributed by atoms with Gasteiger partial charge >= 0.3 is 0 Å². The molecule has 0 unspecified atom stereocenters. The average molecular weight is 590 g/mol. The number of benzene rings is 1. The predicted molar refractivity (Wildman–Crippen MR) is 153 cm³/mol. The van der Waals surface area contributed by atoms with Crippen LogP contribution in [0.4, 0.5) is 10.1 Å². The molecule has 0 spiro atoms. The molecule has 0 bridgehead atoms. The number of nitrogens with one attached hydrogen (secondary N) is 2. The van der Waals surface area contributed by atoms with Crippen LogP contribution < -0.4 is 16.4 Å². The fraction of sp³-hybridized carbons (Fsp3) is 0.586. The zero-order chi connectivity index (χ0) is 29.7. The molecule has 5 rings (SSSR count). The van der Waals surface area contributed by atoms with Crippen molar-refractivity contribution in [1.82, 2.24) is 14.8 Å². The number of carbonyl (C=O) groups excluding carboxylic acids is 2. The SMILES string of the molecule is CN(C)CCNC(=O)C1CCC(Nc2cc(-n3c4c(c5c3CC(C)(C)CS5(=O)=O)COC4)cc(F)c2C(N)=O)CC1. The van der Waals surface area contributed by atoms with Crippen molar-refractivity contribution < 1.29 is 27.1 Å². The van der Waals surface area contributed by atoms with Crippen molar-refractivity contribution in [3.63, 3.8) is 0 Å². The Morgan fingerprint density at radius 1 is 1.15 bits per heavy atom. The van der Waals surface area contributed by atoms with Crippen LogP contribution in [0.25, 0.3) is 5.69 Å². The summed E-state index contributed by atoms with van der Waals surface area (Å²) in [5.41, 5.74) is 7.49. The van der Waals surface area contributed by atoms with Crippen LogP contribution in [0.15, 0.2) is 17.0 Å². The van der Waals surface area contributed by atoms with Gasteiger partial charge in [-0.15, -0.1) is 0 Å². The number of fused-ring (bicyclic) bond motifs is 3. The van der Waals surface area contributed by atoms with Gasteiger partial charge < -0.3 is 30.6 Å². The quantitative estimate of drug-likeness (QED) is 0.431. The number of nitrogens with zero attached hydrogens (tertiary/aromatic N) is 2. The lowest BCUT2D eigenvalue weighted by molar-refractivity contribution is -0.125. The van der Waals surface area contributed by atoms with E-state index < -0.39 is 27.0 Å². The Balaban J connectivity index is 1.44. The van der Waals surface area contributed by atoms with Gasteiger partial charge in [0.1, 0.15) is 5.82 Å². The minimum absolute atomic E-state index is 0.0293. The van der Waals surface area contributed by atoms with Crippen molar-refractivity contribution in [3.8, 4) is 5.69 Å². The van der Waals surface area contributed by atoms with Crippen molar-refractivity contribution in [2.45, 2.75) is 70.1 Å². The van der Waals surface area contributed by atoms with Crippen LogP contribution in [-0.2, 0) is 39.0 Å². The summed E-state index contributed by atoms with van der Waals surface area (Å²) >= 11 is 0. The van der Waals surface area contributed by atoms with Gasteiger partial charge in [-0.1, -0.05) is 13.8 Å². The highest BCUT2D eigenvalue weighted by atomic mass is 32.2. The molecule has 1 aliphatic carbocycles. The summed E-state index contributed by atoms with van der Waals surface area (Å²) < 4.78 is 49.7. The minimum Gasteiger partial charge on any atom is -0.382 e. The molecule has 12 heteroatoms. The topological polar surface area (TPSA) is 136 Å². The van der Waals surface area contributed by atoms with Gasteiger partial charge in [-0.05, 0) is 63.7 Å². The van der Waals surface area contributed by atoms with Crippen molar-refractivity contribution >= 4 is 27.3 Å². The largest absolute Gasteiger partial charge is 0.382 e. The number of carbonyl (C=O) groups is 2. The summed E-state index contributed by atoms with van der Waals surface area (Å²) in [6, 6.07) is 2.84. The van der Waals surface area contributed by atoms with Crippen LogP contribution >= 0.6 is 0 Å². The number of likely N-dealkylation sites (N-methyl/N-ethyl adjacent to an activating group) is 1. The summed E-state index contributed by atoms with van der Waals surface area (Å²) in [5.74, 6) is -1.69. The van der Waals surface area contributed by atoms with E-state index in [9.17, 15) is 18.0 Å². The molecule has 0 saturated heterocycles. The lowest BCUT2D eigenvalue weighted by Crippen LogP contribution is -2.38. The van der Waals surface area contributed by atoms with E-state index in [1.807, 2.05) is 32.8 Å². The van der Waals surface area contributed by atoms with Crippen molar-refractivity contribution in [2.75, 3.05) is 38.3 Å². The van der Waals surface area contributed by atoms with E-state index in [1.165, 1.54) is 6.07 Å². The number of halogens is 1. The number of primary amides is 1. The number of nitrogens with two attached hydrogens (primary N) is 1. The fourth-order valence-electron chi connectivity index (χ4n) is 6.54. The maximum atomic E-state index is 15.6. The molecule has 224 valence electrons. The number of sulfone groups is 1. The summed E-state index contributed by atoms with van der Waals surface area (Å²) in [4.78, 5) is 27.2. The van der Waals surface area contributed by atoms with E-state index in [1.54, 1.807) is 10.6 Å². The molecule has 0 atom stereocenters. The molecule has 1 fully saturated rings. The zero-order valence-electron chi connectivity index (χ0n) is 24.2. The van der Waals surface area contributed by atoms with Gasteiger partial charge in [0.15, 0.2) is 9.84 Å². The number of anilines is 1. The second kappa shape index (κ2) is 11.0. The monoisotopic (exact) mass is 589 g/mol. The average Bonchev–Trinajstić information content (AvgIpc) is 3.42. The molecule has 3 heterocycles. The molecule has 3 aliphatic rings. The molecule has 2 amide bonds. The molecule has 4 N–H and O–H groups in total. The highest BCUT2D eigenvalue weighted by Crippen LogP contribution is 2.44. The lowest BCUT2D eigenvalue weighted by Gasteiger charge is -2.31. The van der Waals surface area contributed by atoms with E-state index in [-0.39, 0.29) is 48.1 Å². The number of hydrogen-bond donors (Lipinski definition) is 3. The number of amides is 2. The first-order valence-corrected chi connectivity index (χ1v) is 15.8. The van der Waals surface area contributed by atoms with Crippen LogP contribution in [-0.4, -0.2) is 68.7 Å². The van der Waals surface area contributed by atoms with E-state index in [0.29, 0.717) is 66.2 Å². The van der Waals surface area contributed by atoms with Crippen LogP contribution in [0.3, 0.4) is 0 Å². The van der Waals surface area contributed by atoms with E-state index >= 15 is 4.39 Å². The van der Waals surface area contributed by atoms with Gasteiger partial charge in [0.05, 0.1) is 46.5 Å². The summed E-state index contributed by atoms with van der Waals surface area (Å²) in [6.07, 6.45) is 3.18. The molecule has 2 aliphatic heterocycles. The van der Waals surface area contributed by atoms with Crippen LogP contribution in [0, 0.1) is 17.2 Å². The summed E-state index contributed by atoms with van der Waals surface area (Å²) in [7, 11) is 0.340. The Kier molecular flexibility index (Phi) is 7.95. The lowest BCUT2D eigenvalue weighted by atomic mass is 9.85. The standard InChI is InChI=1S/C29H40FN5O5S/c1-29(2)13-23-26(41(38,39)16-29)20-14-40-15-24(20)35(23)19-11-21(30)25(27(31)36)22(12-19)33-18-7-5-17(6-8-18)28(37)32-9-10-34(3)4/h11-12,17-18,33H,5-10,13-16H2,1-4H3,(H2,31,36)(H,32,37). The molecule has 1 saturated carbocycles. The maximum absolute atomic E-state index is 15.6. The summed E-state index contributed by atoms with van der Waals surface area (Å²) in [6.45, 7) is 5.58. The van der Waals surface area contributed by atoms with Crippen molar-refractivity contribution in [2.24, 2.45) is 17.1 Å². The van der Waals surface area contributed by atoms with E-state index in [0.717, 1.165) is 6.54 Å². The van der Waals surface area contributed by atoms with E-state index in [4.69, 9.17) is 10.5 Å². The van der Waals surface area contributed by atoms with Crippen LogP contribution in [0.1, 0.15) is 66.8 Å². The molecule has 1 aromatic carbocycles. The smallest absolute Gasteiger partial charge is 0.253 e. The van der Waals surface area contributed by atoms with Crippen molar-refractivity contribution in [1.29, 1.82) is 0 Å². The van der Waals surface area contributed by atoms with Gasteiger partial charge in [-0.25, -0.2) is 12.8 Å². The fourth-order valence-corrected chi connectivity index (χ4v) is 8.89. The molecule has 10 nitrogen and oxygen atoms in total. The van der Waals surface area contributed by atoms with Gasteiger partial charge in [0.25, 0.3) is 5.91 Å². The highest BCUT2D eigenvalue weighted by molar-refractivity contribution is 7.91. The van der Waals surface area contributed by atoms with Crippen LogP contribution in [0.5, 0.6) is 0 Å². The first kappa shape index (κ1) is 29.5. The highest BCUT2D eigenvalue weighted by Gasteiger charge is 2.43. The Labute approximate surface area is 240 Å². The Morgan fingerprint density at radius 2 is 1.85 bits per heavy atom. The van der Waals surface area contributed by atoms with Gasteiger partial charge in [-0.3, -0.25) is 9.59 Å². The summed E-state index contributed by atoms with van der Waals surface area (Å²) in [5, 5.41) is 6.32. The van der Waals surface area contributed by atoms with E-state index in [2.05, 4.69) is 10.6 Å². The molecule has 1 aromatic heterocycles. The predicted octanol–water partition coefficient (Wildman–Crippen LogP) is 2.75.